The Hall–Kier alpha value is -2.56. The Balaban J connectivity index is 2.54. The van der Waals surface area contributed by atoms with Crippen molar-refractivity contribution in [2.75, 3.05) is 0 Å². The molecule has 2 aromatic carbocycles. The van der Waals surface area contributed by atoms with E-state index in [0.29, 0.717) is 5.56 Å². The standard InChI is InChI=1S/C18H15F3O2/c1-2-12-7-9-13(10-8-12)15(17(22)23)11-14-5-3-4-6-16(14)18(19,20)21/h3-11H,2H2,1H3,(H,22,23)/b15-11-. The van der Waals surface area contributed by atoms with Gasteiger partial charge >= 0.3 is 12.1 Å². The van der Waals surface area contributed by atoms with Crippen LogP contribution in [0, 0.1) is 0 Å². The number of hydrogen-bond donors (Lipinski definition) is 1. The highest BCUT2D eigenvalue weighted by Gasteiger charge is 2.32. The summed E-state index contributed by atoms with van der Waals surface area (Å²) in [6.07, 6.45) is -2.68. The quantitative estimate of drug-likeness (QED) is 0.643. The van der Waals surface area contributed by atoms with Gasteiger partial charge in [-0.3, -0.25) is 0 Å². The summed E-state index contributed by atoms with van der Waals surface area (Å²) in [5.74, 6) is -1.27. The van der Waals surface area contributed by atoms with Crippen LogP contribution in [0.2, 0.25) is 0 Å². The first-order valence-corrected chi connectivity index (χ1v) is 7.03. The van der Waals surface area contributed by atoms with Crippen molar-refractivity contribution >= 4 is 17.6 Å². The van der Waals surface area contributed by atoms with Crippen LogP contribution >= 0.6 is 0 Å². The zero-order valence-corrected chi connectivity index (χ0v) is 12.4. The average Bonchev–Trinajstić information content (AvgIpc) is 2.52. The predicted molar refractivity (Wildman–Crippen MR) is 82.8 cm³/mol. The van der Waals surface area contributed by atoms with Crippen LogP contribution < -0.4 is 0 Å². The normalized spacial score (nSPS) is 12.3. The van der Waals surface area contributed by atoms with Crippen molar-refractivity contribution in [3.05, 3.63) is 70.8 Å². The van der Waals surface area contributed by atoms with Gasteiger partial charge in [0, 0.05) is 0 Å². The van der Waals surface area contributed by atoms with E-state index in [0.717, 1.165) is 24.1 Å². The maximum Gasteiger partial charge on any atom is 0.416 e. The van der Waals surface area contributed by atoms with E-state index in [9.17, 15) is 23.1 Å². The number of carbonyl (C=O) groups is 1. The summed E-state index contributed by atoms with van der Waals surface area (Å²) in [5, 5.41) is 9.36. The van der Waals surface area contributed by atoms with Gasteiger partial charge in [-0.05, 0) is 35.3 Å². The van der Waals surface area contributed by atoms with Crippen LogP contribution in [0.1, 0.15) is 29.2 Å². The number of halogens is 3. The zero-order chi connectivity index (χ0) is 17.0. The lowest BCUT2D eigenvalue weighted by Gasteiger charge is -2.11. The third-order valence-electron chi connectivity index (χ3n) is 3.47. The molecular weight excluding hydrogens is 305 g/mol. The number of hydrogen-bond acceptors (Lipinski definition) is 1. The minimum atomic E-state index is -4.54. The van der Waals surface area contributed by atoms with Crippen molar-refractivity contribution in [3.8, 4) is 0 Å². The van der Waals surface area contributed by atoms with Crippen molar-refractivity contribution in [3.63, 3.8) is 0 Å². The summed E-state index contributed by atoms with van der Waals surface area (Å²) >= 11 is 0. The van der Waals surface area contributed by atoms with Crippen LogP contribution in [0.3, 0.4) is 0 Å². The second kappa shape index (κ2) is 6.69. The Morgan fingerprint density at radius 3 is 2.22 bits per heavy atom. The van der Waals surface area contributed by atoms with Gasteiger partial charge in [-0.1, -0.05) is 49.4 Å². The van der Waals surface area contributed by atoms with Gasteiger partial charge in [-0.2, -0.15) is 13.2 Å². The molecule has 0 radical (unpaired) electrons. The summed E-state index contributed by atoms with van der Waals surface area (Å²) < 4.78 is 39.1. The van der Waals surface area contributed by atoms with E-state index >= 15 is 0 Å². The van der Waals surface area contributed by atoms with Crippen LogP contribution in [0.25, 0.3) is 11.6 Å². The highest BCUT2D eigenvalue weighted by Crippen LogP contribution is 2.33. The number of carboxylic acid groups (broad SMARTS) is 1. The molecule has 0 aliphatic heterocycles. The van der Waals surface area contributed by atoms with Crippen LogP contribution in [0.15, 0.2) is 48.5 Å². The Morgan fingerprint density at radius 2 is 1.70 bits per heavy atom. The Bertz CT molecular complexity index is 729. The van der Waals surface area contributed by atoms with E-state index in [4.69, 9.17) is 0 Å². The van der Waals surface area contributed by atoms with Gasteiger partial charge < -0.3 is 5.11 Å². The number of aryl methyl sites for hydroxylation is 1. The first-order chi connectivity index (χ1) is 10.8. The molecule has 0 aliphatic carbocycles. The summed E-state index contributed by atoms with van der Waals surface area (Å²) in [6.45, 7) is 1.96. The topological polar surface area (TPSA) is 37.3 Å². The highest BCUT2D eigenvalue weighted by atomic mass is 19.4. The van der Waals surface area contributed by atoms with E-state index < -0.39 is 17.7 Å². The summed E-state index contributed by atoms with van der Waals surface area (Å²) in [7, 11) is 0. The molecule has 5 heteroatoms. The van der Waals surface area contributed by atoms with Gasteiger partial charge in [0.25, 0.3) is 0 Å². The molecule has 120 valence electrons. The lowest BCUT2D eigenvalue weighted by molar-refractivity contribution is -0.137. The lowest BCUT2D eigenvalue weighted by atomic mass is 9.98. The van der Waals surface area contributed by atoms with Crippen molar-refractivity contribution in [2.45, 2.75) is 19.5 Å². The maximum atomic E-state index is 13.0. The summed E-state index contributed by atoms with van der Waals surface area (Å²) in [4.78, 5) is 11.5. The van der Waals surface area contributed by atoms with Gasteiger partial charge in [-0.25, -0.2) is 4.79 Å². The molecule has 2 nitrogen and oxygen atoms in total. The first kappa shape index (κ1) is 16.8. The molecular formula is C18H15F3O2. The van der Waals surface area contributed by atoms with Gasteiger partial charge in [-0.15, -0.1) is 0 Å². The molecule has 0 heterocycles. The Labute approximate surface area is 131 Å². The number of aliphatic carboxylic acids is 1. The molecule has 0 spiro atoms. The fraction of sp³-hybridized carbons (Fsp3) is 0.167. The van der Waals surface area contributed by atoms with Crippen LogP contribution in [0.4, 0.5) is 13.2 Å². The fourth-order valence-electron chi connectivity index (χ4n) is 2.23. The Kier molecular flexibility index (Phi) is 4.89. The molecule has 1 N–H and O–H groups in total. The van der Waals surface area contributed by atoms with E-state index in [1.165, 1.54) is 18.2 Å². The predicted octanol–water partition coefficient (Wildman–Crippen LogP) is 4.89. The molecule has 0 fully saturated rings. The van der Waals surface area contributed by atoms with Gasteiger partial charge in [0.15, 0.2) is 0 Å². The maximum absolute atomic E-state index is 13.0. The highest BCUT2D eigenvalue weighted by molar-refractivity contribution is 6.20. The second-order valence-electron chi connectivity index (χ2n) is 5.00. The molecule has 2 aromatic rings. The van der Waals surface area contributed by atoms with Crippen molar-refractivity contribution in [1.82, 2.24) is 0 Å². The summed E-state index contributed by atoms with van der Waals surface area (Å²) in [5.41, 5.74) is 0.186. The molecule has 0 unspecified atom stereocenters. The number of rotatable bonds is 4. The SMILES string of the molecule is CCc1ccc(/C(=C/c2ccccc2C(F)(F)F)C(=O)O)cc1. The monoisotopic (exact) mass is 320 g/mol. The third kappa shape index (κ3) is 4.00. The van der Waals surface area contributed by atoms with Gasteiger partial charge in [0.05, 0.1) is 11.1 Å². The van der Waals surface area contributed by atoms with Crippen LogP contribution in [-0.4, -0.2) is 11.1 Å². The molecule has 2 rings (SSSR count). The number of alkyl halides is 3. The lowest BCUT2D eigenvalue weighted by Crippen LogP contribution is -2.08. The van der Waals surface area contributed by atoms with E-state index in [-0.39, 0.29) is 11.1 Å². The average molecular weight is 320 g/mol. The van der Waals surface area contributed by atoms with Crippen LogP contribution in [0.5, 0.6) is 0 Å². The minimum absolute atomic E-state index is 0.169. The van der Waals surface area contributed by atoms with E-state index in [1.807, 2.05) is 6.92 Å². The molecule has 0 saturated heterocycles. The minimum Gasteiger partial charge on any atom is -0.478 e. The van der Waals surface area contributed by atoms with Crippen molar-refractivity contribution in [2.24, 2.45) is 0 Å². The summed E-state index contributed by atoms with van der Waals surface area (Å²) in [6, 6.07) is 11.7. The van der Waals surface area contributed by atoms with Crippen LogP contribution in [-0.2, 0) is 17.4 Å². The molecule has 0 saturated carbocycles. The van der Waals surface area contributed by atoms with E-state index in [1.54, 1.807) is 24.3 Å². The second-order valence-corrected chi connectivity index (χ2v) is 5.00. The van der Waals surface area contributed by atoms with Gasteiger partial charge in [0.2, 0.25) is 0 Å². The largest absolute Gasteiger partial charge is 0.478 e. The van der Waals surface area contributed by atoms with E-state index in [2.05, 4.69) is 0 Å². The first-order valence-electron chi connectivity index (χ1n) is 7.03. The Morgan fingerprint density at radius 1 is 1.09 bits per heavy atom. The van der Waals surface area contributed by atoms with Gasteiger partial charge in [0.1, 0.15) is 0 Å². The molecule has 0 bridgehead atoms. The smallest absolute Gasteiger partial charge is 0.416 e. The molecule has 0 aliphatic rings. The molecule has 0 aromatic heterocycles. The van der Waals surface area contributed by atoms with Crippen molar-refractivity contribution in [1.29, 1.82) is 0 Å². The fourth-order valence-corrected chi connectivity index (χ4v) is 2.23. The number of benzene rings is 2. The molecule has 23 heavy (non-hydrogen) atoms. The molecule has 0 atom stereocenters. The molecule has 0 amide bonds. The number of carboxylic acids is 1. The third-order valence-corrected chi connectivity index (χ3v) is 3.47. The zero-order valence-electron chi connectivity index (χ0n) is 12.4. The van der Waals surface area contributed by atoms with Crippen molar-refractivity contribution < 1.29 is 23.1 Å².